The van der Waals surface area contributed by atoms with Crippen LogP contribution >= 0.6 is 0 Å². The maximum atomic E-state index is 11.8. The van der Waals surface area contributed by atoms with Gasteiger partial charge in [-0.15, -0.1) is 0 Å². The molecule has 1 fully saturated rings. The number of methoxy groups -OCH3 is 1. The van der Waals surface area contributed by atoms with Gasteiger partial charge in [-0.25, -0.2) is 14.8 Å². The molecular formula is C33H39N5O2. The molecule has 6 rings (SSSR count). The zero-order valence-electron chi connectivity index (χ0n) is 24.0. The molecule has 5 aromatic rings. The molecule has 1 aliphatic rings. The molecule has 40 heavy (non-hydrogen) atoms. The minimum Gasteiger partial charge on any atom is -0.465 e. The number of carbonyl (C=O) groups is 1. The van der Waals surface area contributed by atoms with E-state index in [9.17, 15) is 4.79 Å². The van der Waals surface area contributed by atoms with Crippen molar-refractivity contribution in [2.45, 2.75) is 65.8 Å². The Hall–Kier alpha value is -4.00. The third-order valence-electron chi connectivity index (χ3n) is 8.02. The molecule has 0 radical (unpaired) electrons. The Morgan fingerprint density at radius 2 is 1.80 bits per heavy atom. The van der Waals surface area contributed by atoms with E-state index in [4.69, 9.17) is 9.72 Å². The van der Waals surface area contributed by atoms with Crippen molar-refractivity contribution in [3.63, 3.8) is 0 Å². The van der Waals surface area contributed by atoms with E-state index >= 15 is 0 Å². The fourth-order valence-corrected chi connectivity index (χ4v) is 5.65. The van der Waals surface area contributed by atoms with Gasteiger partial charge in [0, 0.05) is 24.8 Å². The smallest absolute Gasteiger partial charge is 0.337 e. The molecule has 0 saturated heterocycles. The number of benzene rings is 2. The highest BCUT2D eigenvalue weighted by molar-refractivity contribution is 5.93. The lowest BCUT2D eigenvalue weighted by molar-refractivity contribution is 0.0601. The lowest BCUT2D eigenvalue weighted by Gasteiger charge is -2.15. The van der Waals surface area contributed by atoms with Crippen LogP contribution in [0.15, 0.2) is 67.0 Å². The van der Waals surface area contributed by atoms with Gasteiger partial charge in [-0.05, 0) is 55.2 Å². The van der Waals surface area contributed by atoms with E-state index in [-0.39, 0.29) is 5.97 Å². The van der Waals surface area contributed by atoms with Crippen molar-refractivity contribution in [3.8, 4) is 5.69 Å². The first kappa shape index (κ1) is 27.6. The molecule has 7 heteroatoms. The quantitative estimate of drug-likeness (QED) is 0.203. The van der Waals surface area contributed by atoms with Crippen molar-refractivity contribution >= 4 is 28.0 Å². The van der Waals surface area contributed by atoms with Crippen LogP contribution in [0.1, 0.15) is 68.0 Å². The number of esters is 1. The number of para-hydroxylation sites is 1. The predicted molar refractivity (Wildman–Crippen MR) is 160 cm³/mol. The highest BCUT2D eigenvalue weighted by Crippen LogP contribution is 2.30. The second-order valence-electron chi connectivity index (χ2n) is 10.9. The number of ether oxygens (including phenoxy) is 1. The van der Waals surface area contributed by atoms with Crippen LogP contribution in [0.3, 0.4) is 0 Å². The van der Waals surface area contributed by atoms with Crippen LogP contribution in [0, 0.1) is 18.8 Å². The molecule has 7 nitrogen and oxygen atoms in total. The Labute approximate surface area is 236 Å². The number of pyridine rings is 1. The van der Waals surface area contributed by atoms with Gasteiger partial charge in [0.1, 0.15) is 17.2 Å². The topological polar surface area (TPSA) is 74.8 Å². The average Bonchev–Trinajstić information content (AvgIpc) is 3.70. The molecule has 2 aromatic carbocycles. The summed E-state index contributed by atoms with van der Waals surface area (Å²) in [5, 5.41) is 0. The third kappa shape index (κ3) is 5.93. The van der Waals surface area contributed by atoms with Crippen LogP contribution in [0.5, 0.6) is 0 Å². The number of carbonyl (C=O) groups excluding carboxylic acids is 1. The number of hydrogen-bond acceptors (Lipinski definition) is 5. The van der Waals surface area contributed by atoms with E-state index in [0.717, 1.165) is 58.9 Å². The molecular weight excluding hydrogens is 498 g/mol. The van der Waals surface area contributed by atoms with Crippen LogP contribution < -0.4 is 0 Å². The van der Waals surface area contributed by atoms with Gasteiger partial charge in [0.2, 0.25) is 0 Å². The average molecular weight is 538 g/mol. The summed E-state index contributed by atoms with van der Waals surface area (Å²) < 4.78 is 9.35. The van der Waals surface area contributed by atoms with Crippen molar-refractivity contribution in [3.05, 3.63) is 84.2 Å². The van der Waals surface area contributed by atoms with Crippen molar-refractivity contribution in [2.24, 2.45) is 11.8 Å². The molecule has 0 spiro atoms. The molecule has 1 aliphatic carbocycles. The van der Waals surface area contributed by atoms with Gasteiger partial charge in [0.15, 0.2) is 0 Å². The van der Waals surface area contributed by atoms with E-state index in [0.29, 0.717) is 11.5 Å². The maximum absolute atomic E-state index is 11.8. The standard InChI is InChI=1S/C20H28N2O2.C13H11N3/c1-4-14(2)13-22-18-10-9-16(20(23)24-3)12-17(18)21-19(22)11-15-7-5-6-8-15;1-10-15-12-9-14-8-7-13(12)16(10)11-5-3-2-4-6-11/h9-10,12,14-15H,4-8,11,13H2,1-3H3;2-9H,1H3. The molecule has 1 atom stereocenters. The Kier molecular flexibility index (Phi) is 8.58. The lowest BCUT2D eigenvalue weighted by atomic mass is 10.0. The molecule has 0 bridgehead atoms. The van der Waals surface area contributed by atoms with Gasteiger partial charge < -0.3 is 9.30 Å². The van der Waals surface area contributed by atoms with Crippen LogP contribution in [-0.4, -0.2) is 37.2 Å². The monoisotopic (exact) mass is 537 g/mol. The number of imidazole rings is 2. The van der Waals surface area contributed by atoms with Crippen LogP contribution in [0.2, 0.25) is 0 Å². The molecule has 1 saturated carbocycles. The first-order chi connectivity index (χ1) is 19.5. The SMILES string of the molecule is CCC(C)Cn1c(CC2CCCC2)nc2cc(C(=O)OC)ccc21.Cc1nc2cnccc2n1-c1ccccc1. The maximum Gasteiger partial charge on any atom is 0.337 e. The lowest BCUT2D eigenvalue weighted by Crippen LogP contribution is -2.13. The summed E-state index contributed by atoms with van der Waals surface area (Å²) in [6.07, 6.45) is 11.1. The van der Waals surface area contributed by atoms with Gasteiger partial charge in [-0.2, -0.15) is 0 Å². The second-order valence-corrected chi connectivity index (χ2v) is 10.9. The summed E-state index contributed by atoms with van der Waals surface area (Å²) in [6, 6.07) is 18.0. The molecule has 0 N–H and O–H groups in total. The summed E-state index contributed by atoms with van der Waals surface area (Å²) in [6.45, 7) is 7.52. The Morgan fingerprint density at radius 3 is 2.52 bits per heavy atom. The van der Waals surface area contributed by atoms with Gasteiger partial charge in [0.05, 0.1) is 35.4 Å². The van der Waals surface area contributed by atoms with Crippen molar-refractivity contribution in [1.29, 1.82) is 0 Å². The summed E-state index contributed by atoms with van der Waals surface area (Å²) in [7, 11) is 1.42. The van der Waals surface area contributed by atoms with E-state index in [1.54, 1.807) is 12.4 Å². The number of aromatic nitrogens is 5. The van der Waals surface area contributed by atoms with Crippen molar-refractivity contribution < 1.29 is 9.53 Å². The Balaban J connectivity index is 0.000000174. The Morgan fingerprint density at radius 1 is 1.02 bits per heavy atom. The molecule has 0 aliphatic heterocycles. The largest absolute Gasteiger partial charge is 0.465 e. The summed E-state index contributed by atoms with van der Waals surface area (Å²) in [4.78, 5) is 25.3. The fourth-order valence-electron chi connectivity index (χ4n) is 5.65. The van der Waals surface area contributed by atoms with Crippen LogP contribution in [-0.2, 0) is 17.7 Å². The van der Waals surface area contributed by atoms with Gasteiger partial charge in [-0.1, -0.05) is 64.2 Å². The number of fused-ring (bicyclic) bond motifs is 2. The van der Waals surface area contributed by atoms with E-state index < -0.39 is 0 Å². The first-order valence-corrected chi connectivity index (χ1v) is 14.4. The molecule has 3 aromatic heterocycles. The third-order valence-corrected chi connectivity index (χ3v) is 8.02. The van der Waals surface area contributed by atoms with E-state index in [1.807, 2.05) is 49.4 Å². The summed E-state index contributed by atoms with van der Waals surface area (Å²) in [5.74, 6) is 3.24. The zero-order chi connectivity index (χ0) is 28.1. The fraction of sp³-hybridized carbons (Fsp3) is 0.394. The van der Waals surface area contributed by atoms with E-state index in [1.165, 1.54) is 38.6 Å². The second kappa shape index (κ2) is 12.5. The summed E-state index contributed by atoms with van der Waals surface area (Å²) >= 11 is 0. The highest BCUT2D eigenvalue weighted by atomic mass is 16.5. The predicted octanol–water partition coefficient (Wildman–Crippen LogP) is 7.33. The van der Waals surface area contributed by atoms with Gasteiger partial charge in [-0.3, -0.25) is 9.55 Å². The van der Waals surface area contributed by atoms with E-state index in [2.05, 4.69) is 45.1 Å². The molecule has 3 heterocycles. The number of rotatable bonds is 7. The van der Waals surface area contributed by atoms with Gasteiger partial charge in [0.25, 0.3) is 0 Å². The number of aryl methyl sites for hydroxylation is 1. The van der Waals surface area contributed by atoms with Crippen LogP contribution in [0.4, 0.5) is 0 Å². The molecule has 1 unspecified atom stereocenters. The molecule has 208 valence electrons. The normalized spacial score (nSPS) is 14.3. The number of hydrogen-bond donors (Lipinski definition) is 0. The summed E-state index contributed by atoms with van der Waals surface area (Å²) in [5.41, 5.74) is 5.78. The Bertz CT molecular complexity index is 1580. The minimum absolute atomic E-state index is 0.300. The van der Waals surface area contributed by atoms with Crippen LogP contribution in [0.25, 0.3) is 27.8 Å². The highest BCUT2D eigenvalue weighted by Gasteiger charge is 2.21. The number of nitrogens with zero attached hydrogens (tertiary/aromatic N) is 5. The molecule has 0 amide bonds. The minimum atomic E-state index is -0.300. The zero-order valence-corrected chi connectivity index (χ0v) is 24.0. The van der Waals surface area contributed by atoms with Gasteiger partial charge >= 0.3 is 5.97 Å². The van der Waals surface area contributed by atoms with Crippen molar-refractivity contribution in [2.75, 3.05) is 7.11 Å². The first-order valence-electron chi connectivity index (χ1n) is 14.4. The van der Waals surface area contributed by atoms with Crippen molar-refractivity contribution in [1.82, 2.24) is 24.1 Å².